The van der Waals surface area contributed by atoms with E-state index in [1.807, 2.05) is 6.92 Å². The van der Waals surface area contributed by atoms with Crippen LogP contribution >= 0.6 is 0 Å². The predicted molar refractivity (Wildman–Crippen MR) is 70.6 cm³/mol. The van der Waals surface area contributed by atoms with Gasteiger partial charge in [0, 0.05) is 12.4 Å². The maximum absolute atomic E-state index is 11.7. The summed E-state index contributed by atoms with van der Waals surface area (Å²) in [4.78, 5) is 26.6. The van der Waals surface area contributed by atoms with Crippen molar-refractivity contribution in [3.05, 3.63) is 30.1 Å². The molecule has 2 amide bonds. The third-order valence-corrected chi connectivity index (χ3v) is 2.77. The topological polar surface area (TPSA) is 91.3 Å². The highest BCUT2D eigenvalue weighted by molar-refractivity contribution is 5.82. The number of nitrogens with one attached hydrogen (secondary N) is 2. The third-order valence-electron chi connectivity index (χ3n) is 2.77. The average Bonchev–Trinajstić information content (AvgIpc) is 2.36. The van der Waals surface area contributed by atoms with Crippen LogP contribution in [-0.4, -0.2) is 28.1 Å². The van der Waals surface area contributed by atoms with Gasteiger partial charge in [0.15, 0.2) is 0 Å². The number of hydrogen-bond donors (Lipinski definition) is 3. The fourth-order valence-electron chi connectivity index (χ4n) is 1.63. The molecule has 0 radical (unpaired) electrons. The Balaban J connectivity index is 2.58. The van der Waals surface area contributed by atoms with Gasteiger partial charge in [-0.1, -0.05) is 13.8 Å². The van der Waals surface area contributed by atoms with Crippen LogP contribution in [0.1, 0.15) is 32.4 Å². The molecule has 0 fully saturated rings. The Morgan fingerprint density at radius 2 is 1.74 bits per heavy atom. The minimum Gasteiger partial charge on any atom is -0.480 e. The van der Waals surface area contributed by atoms with Gasteiger partial charge in [-0.05, 0) is 30.5 Å². The monoisotopic (exact) mass is 265 g/mol. The van der Waals surface area contributed by atoms with E-state index < -0.39 is 18.0 Å². The van der Waals surface area contributed by atoms with Crippen molar-refractivity contribution < 1.29 is 14.7 Å². The summed E-state index contributed by atoms with van der Waals surface area (Å²) in [6, 6.07) is 1.98. The van der Waals surface area contributed by atoms with Crippen LogP contribution in [0.5, 0.6) is 0 Å². The highest BCUT2D eigenvalue weighted by atomic mass is 16.4. The van der Waals surface area contributed by atoms with Gasteiger partial charge in [0.2, 0.25) is 0 Å². The largest absolute Gasteiger partial charge is 0.480 e. The average molecular weight is 265 g/mol. The van der Waals surface area contributed by atoms with Crippen LogP contribution in [0, 0.1) is 5.92 Å². The molecule has 0 aliphatic rings. The van der Waals surface area contributed by atoms with Crippen LogP contribution < -0.4 is 10.6 Å². The highest BCUT2D eigenvalue weighted by Gasteiger charge is 2.23. The molecule has 6 nitrogen and oxygen atoms in total. The Morgan fingerprint density at radius 1 is 1.16 bits per heavy atom. The van der Waals surface area contributed by atoms with Crippen LogP contribution in [0.4, 0.5) is 4.79 Å². The van der Waals surface area contributed by atoms with Gasteiger partial charge in [0.25, 0.3) is 0 Å². The first-order valence-electron chi connectivity index (χ1n) is 6.11. The molecule has 104 valence electrons. The number of nitrogens with zero attached hydrogens (tertiary/aromatic N) is 1. The Bertz CT molecular complexity index is 434. The number of carboxylic acid groups (broad SMARTS) is 1. The summed E-state index contributed by atoms with van der Waals surface area (Å²) in [5, 5.41) is 14.1. The van der Waals surface area contributed by atoms with Crippen molar-refractivity contribution in [1.29, 1.82) is 0 Å². The fourth-order valence-corrected chi connectivity index (χ4v) is 1.63. The van der Waals surface area contributed by atoms with E-state index in [4.69, 9.17) is 5.11 Å². The summed E-state index contributed by atoms with van der Waals surface area (Å²) in [5.41, 5.74) is 0.904. The fraction of sp³-hybridized carbons (Fsp3) is 0.462. The van der Waals surface area contributed by atoms with Gasteiger partial charge in [-0.3, -0.25) is 4.98 Å². The molecule has 2 atom stereocenters. The number of urea groups is 1. The van der Waals surface area contributed by atoms with Gasteiger partial charge in [0.05, 0.1) is 6.04 Å². The second-order valence-corrected chi connectivity index (χ2v) is 4.68. The number of pyridine rings is 1. The lowest BCUT2D eigenvalue weighted by atomic mass is 10.1. The molecule has 1 aromatic heterocycles. The molecule has 3 N–H and O–H groups in total. The van der Waals surface area contributed by atoms with E-state index in [1.165, 1.54) is 0 Å². The number of carbonyl (C=O) groups is 2. The van der Waals surface area contributed by atoms with E-state index in [-0.39, 0.29) is 12.0 Å². The summed E-state index contributed by atoms with van der Waals surface area (Å²) in [6.07, 6.45) is 3.28. The molecule has 0 spiro atoms. The third kappa shape index (κ3) is 4.57. The Hall–Kier alpha value is -2.11. The minimum atomic E-state index is -1.04. The lowest BCUT2D eigenvalue weighted by Crippen LogP contribution is -2.49. The standard InChI is InChI=1S/C13H19N3O3/c1-8(2)11(12(17)18)16-13(19)15-9(3)10-4-6-14-7-5-10/h4-9,11H,1-3H3,(H,17,18)(H2,15,16,19). The van der Waals surface area contributed by atoms with Crippen molar-refractivity contribution in [2.24, 2.45) is 5.92 Å². The number of aliphatic carboxylic acids is 1. The first-order chi connectivity index (χ1) is 8.91. The van der Waals surface area contributed by atoms with Gasteiger partial charge in [-0.25, -0.2) is 9.59 Å². The van der Waals surface area contributed by atoms with Gasteiger partial charge >= 0.3 is 12.0 Å². The van der Waals surface area contributed by atoms with E-state index in [0.29, 0.717) is 0 Å². The zero-order valence-electron chi connectivity index (χ0n) is 11.3. The zero-order valence-corrected chi connectivity index (χ0v) is 11.3. The molecule has 1 heterocycles. The van der Waals surface area contributed by atoms with Crippen molar-refractivity contribution in [3.8, 4) is 0 Å². The lowest BCUT2D eigenvalue weighted by Gasteiger charge is -2.20. The Labute approximate surface area is 112 Å². The quantitative estimate of drug-likeness (QED) is 0.753. The molecule has 0 saturated carbocycles. The molecule has 0 aliphatic carbocycles. The number of carbonyl (C=O) groups excluding carboxylic acids is 1. The summed E-state index contributed by atoms with van der Waals surface area (Å²) in [5.74, 6) is -1.22. The summed E-state index contributed by atoms with van der Waals surface area (Å²) in [7, 11) is 0. The van der Waals surface area contributed by atoms with Crippen LogP contribution in [0.2, 0.25) is 0 Å². The number of amides is 2. The molecule has 0 bridgehead atoms. The molecule has 0 aromatic carbocycles. The summed E-state index contributed by atoms with van der Waals surface area (Å²) < 4.78 is 0. The second kappa shape index (κ2) is 6.72. The predicted octanol–water partition coefficient (Wildman–Crippen LogP) is 1.55. The van der Waals surface area contributed by atoms with E-state index in [0.717, 1.165) is 5.56 Å². The summed E-state index contributed by atoms with van der Waals surface area (Å²) in [6.45, 7) is 5.30. The van der Waals surface area contributed by atoms with E-state index >= 15 is 0 Å². The number of aromatic nitrogens is 1. The van der Waals surface area contributed by atoms with Crippen molar-refractivity contribution in [2.75, 3.05) is 0 Å². The van der Waals surface area contributed by atoms with E-state index in [2.05, 4.69) is 15.6 Å². The van der Waals surface area contributed by atoms with Gasteiger partial charge in [-0.15, -0.1) is 0 Å². The van der Waals surface area contributed by atoms with E-state index in [1.54, 1.807) is 38.4 Å². The molecule has 1 rings (SSSR count). The molecular weight excluding hydrogens is 246 g/mol. The summed E-state index contributed by atoms with van der Waals surface area (Å²) >= 11 is 0. The van der Waals surface area contributed by atoms with Gasteiger partial charge in [-0.2, -0.15) is 0 Å². The maximum Gasteiger partial charge on any atom is 0.326 e. The molecule has 0 saturated heterocycles. The van der Waals surface area contributed by atoms with Crippen LogP contribution in [0.3, 0.4) is 0 Å². The number of carboxylic acids is 1. The van der Waals surface area contributed by atoms with Crippen LogP contribution in [0.25, 0.3) is 0 Å². The number of hydrogen-bond acceptors (Lipinski definition) is 3. The van der Waals surface area contributed by atoms with E-state index in [9.17, 15) is 9.59 Å². The molecule has 2 unspecified atom stereocenters. The van der Waals surface area contributed by atoms with Gasteiger partial charge < -0.3 is 15.7 Å². The molecule has 19 heavy (non-hydrogen) atoms. The van der Waals surface area contributed by atoms with Crippen molar-refractivity contribution >= 4 is 12.0 Å². The van der Waals surface area contributed by atoms with Crippen LogP contribution in [-0.2, 0) is 4.79 Å². The first-order valence-corrected chi connectivity index (χ1v) is 6.11. The van der Waals surface area contributed by atoms with Crippen molar-refractivity contribution in [3.63, 3.8) is 0 Å². The molecule has 6 heteroatoms. The molecule has 1 aromatic rings. The normalized spacial score (nSPS) is 13.7. The van der Waals surface area contributed by atoms with Crippen molar-refractivity contribution in [1.82, 2.24) is 15.6 Å². The highest BCUT2D eigenvalue weighted by Crippen LogP contribution is 2.10. The Morgan fingerprint density at radius 3 is 2.21 bits per heavy atom. The van der Waals surface area contributed by atoms with Crippen molar-refractivity contribution in [2.45, 2.75) is 32.9 Å². The molecule has 0 aliphatic heterocycles. The number of rotatable bonds is 5. The minimum absolute atomic E-state index is 0.181. The second-order valence-electron chi connectivity index (χ2n) is 4.68. The van der Waals surface area contributed by atoms with Crippen LogP contribution in [0.15, 0.2) is 24.5 Å². The zero-order chi connectivity index (χ0) is 14.4. The lowest BCUT2D eigenvalue weighted by molar-refractivity contribution is -0.140. The smallest absolute Gasteiger partial charge is 0.326 e. The van der Waals surface area contributed by atoms with Gasteiger partial charge in [0.1, 0.15) is 6.04 Å². The maximum atomic E-state index is 11.7. The Kier molecular flexibility index (Phi) is 5.29. The molecular formula is C13H19N3O3. The first kappa shape index (κ1) is 14.9. The SMILES string of the molecule is CC(NC(=O)NC(C(=O)O)C(C)C)c1ccncc1.